The lowest BCUT2D eigenvalue weighted by molar-refractivity contribution is -0.383. The van der Waals surface area contributed by atoms with Crippen LogP contribution in [0.2, 0.25) is 0 Å². The number of benzene rings is 1. The van der Waals surface area contributed by atoms with Crippen molar-refractivity contribution in [3.8, 4) is 0 Å². The third-order valence-electron chi connectivity index (χ3n) is 2.24. The third-order valence-corrected chi connectivity index (χ3v) is 3.73. The van der Waals surface area contributed by atoms with Crippen LogP contribution in [0.15, 0.2) is 35.4 Å². The van der Waals surface area contributed by atoms with Gasteiger partial charge in [0.15, 0.2) is 0 Å². The second-order valence-corrected chi connectivity index (χ2v) is 4.79. The molecule has 0 N–H and O–H groups in total. The summed E-state index contributed by atoms with van der Waals surface area (Å²) in [6.45, 7) is 0. The summed E-state index contributed by atoms with van der Waals surface area (Å²) in [5.41, 5.74) is 0.466. The van der Waals surface area contributed by atoms with Gasteiger partial charge in [-0.3, -0.25) is 10.1 Å². The first-order chi connectivity index (χ1) is 8.24. The van der Waals surface area contributed by atoms with Gasteiger partial charge in [0.25, 0.3) is 5.69 Å². The highest BCUT2D eigenvalue weighted by Crippen LogP contribution is 2.32. The Morgan fingerprint density at radius 1 is 1.41 bits per heavy atom. The van der Waals surface area contributed by atoms with Crippen LogP contribution in [-0.4, -0.2) is 21.5 Å². The molecule has 2 rings (SSSR count). The zero-order valence-electron chi connectivity index (χ0n) is 8.80. The lowest BCUT2D eigenvalue weighted by Crippen LogP contribution is -1.92. The molecule has 88 valence electrons. The van der Waals surface area contributed by atoms with Crippen molar-refractivity contribution in [3.05, 3.63) is 40.6 Å². The number of halogens is 1. The monoisotopic (exact) mass is 268 g/mol. The van der Waals surface area contributed by atoms with Crippen LogP contribution in [0, 0.1) is 10.1 Å². The molecule has 17 heavy (non-hydrogen) atoms. The van der Waals surface area contributed by atoms with E-state index >= 15 is 0 Å². The van der Waals surface area contributed by atoms with Gasteiger partial charge in [0.05, 0.1) is 4.92 Å². The third kappa shape index (κ3) is 2.50. The predicted molar refractivity (Wildman–Crippen MR) is 69.8 cm³/mol. The fraction of sp³-hybridized carbons (Fsp3) is 0.182. The van der Waals surface area contributed by atoms with E-state index in [1.165, 1.54) is 6.07 Å². The second kappa shape index (κ2) is 5.33. The Kier molecular flexibility index (Phi) is 3.81. The van der Waals surface area contributed by atoms with Gasteiger partial charge in [0, 0.05) is 34.2 Å². The minimum Gasteiger partial charge on any atom is -0.258 e. The largest absolute Gasteiger partial charge is 0.295 e. The molecule has 0 aliphatic carbocycles. The molecule has 0 saturated carbocycles. The van der Waals surface area contributed by atoms with Crippen LogP contribution < -0.4 is 0 Å². The Morgan fingerprint density at radius 3 is 2.94 bits per heavy atom. The zero-order chi connectivity index (χ0) is 12.3. The van der Waals surface area contributed by atoms with Gasteiger partial charge in [-0.15, -0.1) is 23.4 Å². The number of aromatic nitrogens is 1. The normalized spacial score (nSPS) is 10.6. The quantitative estimate of drug-likeness (QED) is 0.369. The molecular formula is C11H9ClN2O2S. The maximum Gasteiger partial charge on any atom is 0.295 e. The molecular weight excluding hydrogens is 260 g/mol. The average Bonchev–Trinajstić information content (AvgIpc) is 2.35. The van der Waals surface area contributed by atoms with Gasteiger partial charge in [-0.25, -0.2) is 4.98 Å². The molecule has 4 nitrogen and oxygen atoms in total. The molecule has 0 unspecified atom stereocenters. The second-order valence-electron chi connectivity index (χ2n) is 3.28. The van der Waals surface area contributed by atoms with Gasteiger partial charge >= 0.3 is 0 Å². The van der Waals surface area contributed by atoms with Gasteiger partial charge in [0.1, 0.15) is 5.52 Å². The summed E-state index contributed by atoms with van der Waals surface area (Å²) in [5, 5.41) is 11.7. The van der Waals surface area contributed by atoms with E-state index in [0.29, 0.717) is 11.4 Å². The number of hydrogen-bond acceptors (Lipinski definition) is 4. The number of alkyl halides is 1. The Balaban J connectivity index is 2.58. The molecule has 2 aromatic rings. The maximum absolute atomic E-state index is 10.9. The van der Waals surface area contributed by atoms with Crippen molar-refractivity contribution in [3.63, 3.8) is 0 Å². The topological polar surface area (TPSA) is 56.0 Å². The summed E-state index contributed by atoms with van der Waals surface area (Å²) < 4.78 is 0. The van der Waals surface area contributed by atoms with Crippen LogP contribution in [-0.2, 0) is 0 Å². The zero-order valence-corrected chi connectivity index (χ0v) is 10.4. The van der Waals surface area contributed by atoms with E-state index < -0.39 is 4.92 Å². The van der Waals surface area contributed by atoms with Gasteiger partial charge in [-0.2, -0.15) is 0 Å². The summed E-state index contributed by atoms with van der Waals surface area (Å²) in [4.78, 5) is 15.5. The first-order valence-electron chi connectivity index (χ1n) is 4.95. The number of nitrogens with zero attached hydrogens (tertiary/aromatic N) is 2. The SMILES string of the molecule is O=[N+]([O-])c1ccc(SCCCl)c2cccnc12. The minimum absolute atomic E-state index is 0.0378. The molecule has 0 fully saturated rings. The van der Waals surface area contributed by atoms with E-state index in [1.807, 2.05) is 6.07 Å². The van der Waals surface area contributed by atoms with E-state index in [0.717, 1.165) is 16.0 Å². The van der Waals surface area contributed by atoms with Gasteiger partial charge in [-0.05, 0) is 18.2 Å². The molecule has 0 amide bonds. The van der Waals surface area contributed by atoms with Gasteiger partial charge < -0.3 is 0 Å². The van der Waals surface area contributed by atoms with Crippen molar-refractivity contribution in [2.75, 3.05) is 11.6 Å². The summed E-state index contributed by atoms with van der Waals surface area (Å²) in [5.74, 6) is 1.31. The molecule has 0 aliphatic rings. The lowest BCUT2D eigenvalue weighted by atomic mass is 10.2. The number of hydrogen-bond donors (Lipinski definition) is 0. The van der Waals surface area contributed by atoms with E-state index in [4.69, 9.17) is 11.6 Å². The molecule has 0 aliphatic heterocycles. The van der Waals surface area contributed by atoms with E-state index in [1.54, 1.807) is 30.1 Å². The van der Waals surface area contributed by atoms with Crippen molar-refractivity contribution < 1.29 is 4.92 Å². The van der Waals surface area contributed by atoms with Crippen LogP contribution in [0.5, 0.6) is 0 Å². The molecule has 6 heteroatoms. The fourth-order valence-electron chi connectivity index (χ4n) is 1.55. The Morgan fingerprint density at radius 2 is 2.24 bits per heavy atom. The Labute approximate surface area is 107 Å². The molecule has 0 saturated heterocycles. The Hall–Kier alpha value is -1.33. The molecule has 0 bridgehead atoms. The number of fused-ring (bicyclic) bond motifs is 1. The van der Waals surface area contributed by atoms with Crippen LogP contribution in [0.1, 0.15) is 0 Å². The van der Waals surface area contributed by atoms with Crippen molar-refractivity contribution in [1.82, 2.24) is 4.98 Å². The van der Waals surface area contributed by atoms with E-state index in [9.17, 15) is 10.1 Å². The molecule has 1 aromatic carbocycles. The lowest BCUT2D eigenvalue weighted by Gasteiger charge is -2.04. The van der Waals surface area contributed by atoms with Crippen molar-refractivity contribution >= 4 is 40.0 Å². The predicted octanol–water partition coefficient (Wildman–Crippen LogP) is 3.47. The van der Waals surface area contributed by atoms with Crippen molar-refractivity contribution in [2.45, 2.75) is 4.90 Å². The highest BCUT2D eigenvalue weighted by atomic mass is 35.5. The minimum atomic E-state index is -0.411. The number of nitro benzene ring substituents is 1. The molecule has 0 radical (unpaired) electrons. The fourth-order valence-corrected chi connectivity index (χ4v) is 2.57. The summed E-state index contributed by atoms with van der Waals surface area (Å²) in [6.07, 6.45) is 1.56. The summed E-state index contributed by atoms with van der Waals surface area (Å²) in [6, 6.07) is 6.86. The molecule has 0 atom stereocenters. The van der Waals surface area contributed by atoms with Crippen molar-refractivity contribution in [2.24, 2.45) is 0 Å². The van der Waals surface area contributed by atoms with Crippen LogP contribution >= 0.6 is 23.4 Å². The van der Waals surface area contributed by atoms with Crippen LogP contribution in [0.3, 0.4) is 0 Å². The summed E-state index contributed by atoms with van der Waals surface area (Å²) in [7, 11) is 0. The standard InChI is InChI=1S/C11H9ClN2O2S/c12-5-7-17-10-4-3-9(14(15)16)11-8(10)2-1-6-13-11/h1-4,6H,5,7H2. The average molecular weight is 269 g/mol. The number of non-ortho nitro benzene ring substituents is 1. The highest BCUT2D eigenvalue weighted by molar-refractivity contribution is 7.99. The number of pyridine rings is 1. The molecule has 1 heterocycles. The molecule has 0 spiro atoms. The first kappa shape index (κ1) is 12.1. The van der Waals surface area contributed by atoms with Gasteiger partial charge in [0.2, 0.25) is 0 Å². The van der Waals surface area contributed by atoms with E-state index in [2.05, 4.69) is 4.98 Å². The van der Waals surface area contributed by atoms with Crippen molar-refractivity contribution in [1.29, 1.82) is 0 Å². The number of rotatable bonds is 4. The smallest absolute Gasteiger partial charge is 0.258 e. The van der Waals surface area contributed by atoms with Crippen LogP contribution in [0.25, 0.3) is 10.9 Å². The first-order valence-corrected chi connectivity index (χ1v) is 6.47. The van der Waals surface area contributed by atoms with Crippen LogP contribution in [0.4, 0.5) is 5.69 Å². The Bertz CT molecular complexity index is 562. The molecule has 1 aromatic heterocycles. The number of nitro groups is 1. The highest BCUT2D eigenvalue weighted by Gasteiger charge is 2.15. The maximum atomic E-state index is 10.9. The summed E-state index contributed by atoms with van der Waals surface area (Å²) >= 11 is 7.22. The number of thioether (sulfide) groups is 1. The van der Waals surface area contributed by atoms with E-state index in [-0.39, 0.29) is 5.69 Å². The van der Waals surface area contributed by atoms with Gasteiger partial charge in [-0.1, -0.05) is 0 Å².